The molecule has 1 unspecified atom stereocenters. The van der Waals surface area contributed by atoms with Crippen molar-refractivity contribution < 1.29 is 15.0 Å². The van der Waals surface area contributed by atoms with Crippen molar-refractivity contribution in [1.82, 2.24) is 10.4 Å². The molecule has 7 nitrogen and oxygen atoms in total. The van der Waals surface area contributed by atoms with Gasteiger partial charge < -0.3 is 15.9 Å². The van der Waals surface area contributed by atoms with Crippen LogP contribution >= 0.6 is 0 Å². The monoisotopic (exact) mass is 392 g/mol. The van der Waals surface area contributed by atoms with Gasteiger partial charge in [0, 0.05) is 12.1 Å². The van der Waals surface area contributed by atoms with Crippen molar-refractivity contribution in [3.8, 4) is 5.75 Å². The molecule has 0 saturated heterocycles. The standard InChI is InChI=1S/C21H36N4O3/c1-2-3-4-5-6-7-8-9-10-11-16-24-25(21(28)19(22)23)20(27)17-12-14-18(26)15-13-17/h12-15,21,24,26,28H,2-11,16H2,1H3,(H3,22,23). The summed E-state index contributed by atoms with van der Waals surface area (Å²) in [5.74, 6) is -0.967. The van der Waals surface area contributed by atoms with E-state index >= 15 is 0 Å². The normalized spacial score (nSPS) is 11.9. The average molecular weight is 393 g/mol. The summed E-state index contributed by atoms with van der Waals surface area (Å²) >= 11 is 0. The summed E-state index contributed by atoms with van der Waals surface area (Å²) in [6.07, 6.45) is 10.6. The molecule has 0 aliphatic rings. The Labute approximate surface area is 168 Å². The number of aromatic hydroxyl groups is 1. The van der Waals surface area contributed by atoms with Crippen LogP contribution in [0.5, 0.6) is 5.75 Å². The van der Waals surface area contributed by atoms with Crippen LogP contribution in [0.4, 0.5) is 0 Å². The fraction of sp³-hybridized carbons (Fsp3) is 0.619. The maximum atomic E-state index is 12.6. The highest BCUT2D eigenvalue weighted by atomic mass is 16.3. The predicted octanol–water partition coefficient (Wildman–Crippen LogP) is 3.51. The van der Waals surface area contributed by atoms with Crippen LogP contribution in [-0.4, -0.2) is 39.7 Å². The summed E-state index contributed by atoms with van der Waals surface area (Å²) in [6.45, 7) is 2.73. The number of nitrogens with two attached hydrogens (primary N) is 1. The molecule has 28 heavy (non-hydrogen) atoms. The molecule has 1 aromatic rings. The minimum absolute atomic E-state index is 0.0496. The quantitative estimate of drug-likeness (QED) is 0.103. The summed E-state index contributed by atoms with van der Waals surface area (Å²) in [6, 6.07) is 5.71. The van der Waals surface area contributed by atoms with E-state index in [-0.39, 0.29) is 11.3 Å². The van der Waals surface area contributed by atoms with Gasteiger partial charge in [0.05, 0.1) is 0 Å². The number of carbonyl (C=O) groups is 1. The number of phenols is 1. The largest absolute Gasteiger partial charge is 0.508 e. The molecule has 0 aromatic heterocycles. The molecule has 0 heterocycles. The van der Waals surface area contributed by atoms with Gasteiger partial charge in [0.15, 0.2) is 0 Å². The third kappa shape index (κ3) is 9.19. The minimum atomic E-state index is -1.54. The number of carbonyl (C=O) groups excluding carboxylic acids is 1. The molecule has 1 aromatic carbocycles. The molecule has 0 aliphatic carbocycles. The molecule has 158 valence electrons. The first-order valence-electron chi connectivity index (χ1n) is 10.4. The first kappa shape index (κ1) is 23.9. The van der Waals surface area contributed by atoms with E-state index in [1.54, 1.807) is 0 Å². The molecule has 1 atom stereocenters. The van der Waals surface area contributed by atoms with E-state index in [0.717, 1.165) is 24.3 Å². The van der Waals surface area contributed by atoms with E-state index in [1.807, 2.05) is 0 Å². The van der Waals surface area contributed by atoms with Crippen molar-refractivity contribution in [3.63, 3.8) is 0 Å². The van der Waals surface area contributed by atoms with Crippen LogP contribution < -0.4 is 11.2 Å². The number of benzene rings is 1. The summed E-state index contributed by atoms with van der Waals surface area (Å²) in [7, 11) is 0. The van der Waals surface area contributed by atoms with E-state index < -0.39 is 18.0 Å². The second-order valence-electron chi connectivity index (χ2n) is 7.14. The number of nitrogens with one attached hydrogen (secondary N) is 2. The predicted molar refractivity (Wildman–Crippen MR) is 112 cm³/mol. The number of amidine groups is 1. The van der Waals surface area contributed by atoms with E-state index in [1.165, 1.54) is 69.2 Å². The number of phenolic OH excluding ortho intramolecular Hbond substituents is 1. The number of unbranched alkanes of at least 4 members (excludes halogenated alkanes) is 9. The molecular weight excluding hydrogens is 356 g/mol. The number of hydrogen-bond acceptors (Lipinski definition) is 5. The van der Waals surface area contributed by atoms with Crippen molar-refractivity contribution in [2.75, 3.05) is 6.54 Å². The third-order valence-corrected chi connectivity index (χ3v) is 4.67. The van der Waals surface area contributed by atoms with E-state index in [2.05, 4.69) is 12.3 Å². The molecule has 0 saturated carbocycles. The zero-order chi connectivity index (χ0) is 20.8. The Balaban J connectivity index is 2.34. The molecule has 0 aliphatic heterocycles. The van der Waals surface area contributed by atoms with Crippen LogP contribution in [0.1, 0.15) is 81.5 Å². The number of hydrazine groups is 1. The Bertz CT molecular complexity index is 578. The van der Waals surface area contributed by atoms with Crippen molar-refractivity contribution in [1.29, 1.82) is 5.41 Å². The third-order valence-electron chi connectivity index (χ3n) is 4.67. The minimum Gasteiger partial charge on any atom is -0.508 e. The molecular formula is C21H36N4O3. The number of hydrogen-bond donors (Lipinski definition) is 5. The summed E-state index contributed by atoms with van der Waals surface area (Å²) in [5.41, 5.74) is 8.54. The van der Waals surface area contributed by atoms with Crippen molar-refractivity contribution in [3.05, 3.63) is 29.8 Å². The lowest BCUT2D eigenvalue weighted by molar-refractivity contribution is 0.0143. The van der Waals surface area contributed by atoms with Gasteiger partial charge in [0.2, 0.25) is 6.23 Å². The Morgan fingerprint density at radius 3 is 2.04 bits per heavy atom. The van der Waals surface area contributed by atoms with Crippen LogP contribution in [0, 0.1) is 5.41 Å². The zero-order valence-corrected chi connectivity index (χ0v) is 17.0. The first-order chi connectivity index (χ1) is 13.5. The molecule has 0 bridgehead atoms. The van der Waals surface area contributed by atoms with Gasteiger partial charge in [-0.1, -0.05) is 64.7 Å². The lowest BCUT2D eigenvalue weighted by Gasteiger charge is -2.27. The average Bonchev–Trinajstić information content (AvgIpc) is 2.68. The van der Waals surface area contributed by atoms with Crippen molar-refractivity contribution in [2.24, 2.45) is 5.73 Å². The van der Waals surface area contributed by atoms with Gasteiger partial charge >= 0.3 is 0 Å². The SMILES string of the molecule is CCCCCCCCCCCCNN(C(=O)c1ccc(O)cc1)C(O)C(=N)N. The second kappa shape index (κ2) is 14.0. The maximum Gasteiger partial charge on any atom is 0.270 e. The highest BCUT2D eigenvalue weighted by Gasteiger charge is 2.25. The van der Waals surface area contributed by atoms with E-state index in [0.29, 0.717) is 6.54 Å². The van der Waals surface area contributed by atoms with Gasteiger partial charge in [-0.2, -0.15) is 0 Å². The Kier molecular flexibility index (Phi) is 11.9. The fourth-order valence-corrected chi connectivity index (χ4v) is 2.96. The lowest BCUT2D eigenvalue weighted by Crippen LogP contribution is -2.54. The number of rotatable bonds is 15. The van der Waals surface area contributed by atoms with Crippen molar-refractivity contribution in [2.45, 2.75) is 77.4 Å². The molecule has 6 N–H and O–H groups in total. The van der Waals surface area contributed by atoms with Crippen LogP contribution in [0.3, 0.4) is 0 Å². The van der Waals surface area contributed by atoms with E-state index in [9.17, 15) is 15.0 Å². The highest BCUT2D eigenvalue weighted by molar-refractivity contribution is 5.97. The van der Waals surface area contributed by atoms with Gasteiger partial charge in [-0.3, -0.25) is 10.2 Å². The number of aliphatic hydroxyl groups excluding tert-OH is 1. The molecule has 0 spiro atoms. The topological polar surface area (TPSA) is 123 Å². The number of aliphatic hydroxyl groups is 1. The highest BCUT2D eigenvalue weighted by Crippen LogP contribution is 2.13. The summed E-state index contributed by atoms with van der Waals surface area (Å²) in [4.78, 5) is 12.6. The molecule has 0 fully saturated rings. The molecule has 7 heteroatoms. The van der Waals surface area contributed by atoms with Gasteiger partial charge in [0.1, 0.15) is 11.6 Å². The molecule has 1 amide bonds. The summed E-state index contributed by atoms with van der Waals surface area (Å²) in [5, 5.41) is 27.8. The number of amides is 1. The zero-order valence-electron chi connectivity index (χ0n) is 17.0. The Hall–Kier alpha value is -2.12. The van der Waals surface area contributed by atoms with Gasteiger partial charge in [-0.15, -0.1) is 0 Å². The maximum absolute atomic E-state index is 12.6. The van der Waals surface area contributed by atoms with Gasteiger partial charge in [0.25, 0.3) is 5.91 Å². The van der Waals surface area contributed by atoms with Crippen molar-refractivity contribution >= 4 is 11.7 Å². The van der Waals surface area contributed by atoms with Crippen LogP contribution in [-0.2, 0) is 0 Å². The lowest BCUT2D eigenvalue weighted by atomic mass is 10.1. The van der Waals surface area contributed by atoms with Crippen LogP contribution in [0.2, 0.25) is 0 Å². The van der Waals surface area contributed by atoms with Crippen LogP contribution in [0.15, 0.2) is 24.3 Å². The van der Waals surface area contributed by atoms with Gasteiger partial charge in [-0.05, 0) is 30.7 Å². The summed E-state index contributed by atoms with van der Waals surface area (Å²) < 4.78 is 0. The van der Waals surface area contributed by atoms with Crippen LogP contribution in [0.25, 0.3) is 0 Å². The Morgan fingerprint density at radius 2 is 1.54 bits per heavy atom. The van der Waals surface area contributed by atoms with E-state index in [4.69, 9.17) is 11.1 Å². The molecule has 0 radical (unpaired) electrons. The Morgan fingerprint density at radius 1 is 1.04 bits per heavy atom. The second-order valence-corrected chi connectivity index (χ2v) is 7.14. The molecule has 1 rings (SSSR count). The first-order valence-corrected chi connectivity index (χ1v) is 10.4. The number of nitrogens with zero attached hydrogens (tertiary/aromatic N) is 1. The van der Waals surface area contributed by atoms with Gasteiger partial charge in [-0.25, -0.2) is 10.4 Å². The smallest absolute Gasteiger partial charge is 0.270 e. The fourth-order valence-electron chi connectivity index (χ4n) is 2.96.